The van der Waals surface area contributed by atoms with Gasteiger partial charge in [-0.05, 0) is 55.3 Å². The second kappa shape index (κ2) is 9.95. The first kappa shape index (κ1) is 23.9. The Morgan fingerprint density at radius 2 is 1.82 bits per heavy atom. The Kier molecular flexibility index (Phi) is 7.00. The van der Waals surface area contributed by atoms with Crippen LogP contribution >= 0.6 is 0 Å². The van der Waals surface area contributed by atoms with Crippen LogP contribution in [0.3, 0.4) is 0 Å². The maximum Gasteiger partial charge on any atom is 0.254 e. The molecular weight excluding hydrogens is 452 g/mol. The first-order valence-electron chi connectivity index (χ1n) is 11.1. The fraction of sp³-hybridized carbons (Fsp3) is 0.308. The predicted molar refractivity (Wildman–Crippen MR) is 129 cm³/mol. The van der Waals surface area contributed by atoms with Gasteiger partial charge >= 0.3 is 0 Å². The van der Waals surface area contributed by atoms with E-state index in [-0.39, 0.29) is 28.9 Å². The summed E-state index contributed by atoms with van der Waals surface area (Å²) in [4.78, 5) is 18.9. The molecule has 2 unspecified atom stereocenters. The molecule has 8 heteroatoms. The van der Waals surface area contributed by atoms with Crippen molar-refractivity contribution in [1.29, 1.82) is 0 Å². The third-order valence-electron chi connectivity index (χ3n) is 5.93. The van der Waals surface area contributed by atoms with Gasteiger partial charge in [0.15, 0.2) is 14.9 Å². The SMILES string of the molecule is COC1CN(C(=O)c2cc(C)ccc2C)CC1Oc1cccc(CS(=O)(=O)c2ccccn2)c1. The zero-order chi connectivity index (χ0) is 24.3. The second-order valence-corrected chi connectivity index (χ2v) is 10.5. The molecule has 34 heavy (non-hydrogen) atoms. The molecular formula is C26H28N2O5S. The highest BCUT2D eigenvalue weighted by atomic mass is 32.2. The molecule has 2 atom stereocenters. The molecule has 0 aliphatic carbocycles. The minimum absolute atomic E-state index is 0.0390. The minimum atomic E-state index is -3.58. The Balaban J connectivity index is 1.48. The number of hydrogen-bond donors (Lipinski definition) is 0. The summed E-state index contributed by atoms with van der Waals surface area (Å²) in [6.45, 7) is 4.68. The van der Waals surface area contributed by atoms with Gasteiger partial charge in [-0.1, -0.05) is 35.9 Å². The summed E-state index contributed by atoms with van der Waals surface area (Å²) in [7, 11) is -1.98. The van der Waals surface area contributed by atoms with Crippen molar-refractivity contribution in [2.24, 2.45) is 0 Å². The molecule has 0 bridgehead atoms. The molecule has 2 heterocycles. The van der Waals surface area contributed by atoms with Gasteiger partial charge in [0, 0.05) is 18.9 Å². The van der Waals surface area contributed by atoms with Crippen LogP contribution < -0.4 is 4.74 Å². The third kappa shape index (κ3) is 5.29. The van der Waals surface area contributed by atoms with Crippen molar-refractivity contribution in [3.05, 3.63) is 89.1 Å². The first-order chi connectivity index (χ1) is 16.3. The summed E-state index contributed by atoms with van der Waals surface area (Å²) < 4.78 is 37.2. The number of rotatable bonds is 7. The van der Waals surface area contributed by atoms with Crippen molar-refractivity contribution in [3.63, 3.8) is 0 Å². The first-order valence-corrected chi connectivity index (χ1v) is 12.7. The quantitative estimate of drug-likeness (QED) is 0.514. The number of carbonyl (C=O) groups is 1. The van der Waals surface area contributed by atoms with Gasteiger partial charge in [-0.25, -0.2) is 13.4 Å². The number of carbonyl (C=O) groups excluding carboxylic acids is 1. The predicted octanol–water partition coefficient (Wildman–Crippen LogP) is 3.59. The van der Waals surface area contributed by atoms with Gasteiger partial charge in [-0.15, -0.1) is 0 Å². The van der Waals surface area contributed by atoms with E-state index in [0.29, 0.717) is 30.0 Å². The topological polar surface area (TPSA) is 85.8 Å². The van der Waals surface area contributed by atoms with Crippen molar-refractivity contribution >= 4 is 15.7 Å². The Hall–Kier alpha value is -3.23. The van der Waals surface area contributed by atoms with Crippen molar-refractivity contribution in [2.45, 2.75) is 36.8 Å². The van der Waals surface area contributed by atoms with E-state index in [1.165, 1.54) is 12.3 Å². The van der Waals surface area contributed by atoms with Crippen LogP contribution in [0, 0.1) is 13.8 Å². The van der Waals surface area contributed by atoms with Crippen LogP contribution in [0.15, 0.2) is 71.9 Å². The molecule has 1 aliphatic rings. The Labute approximate surface area is 200 Å². The van der Waals surface area contributed by atoms with Gasteiger partial charge in [0.1, 0.15) is 18.0 Å². The molecule has 2 aromatic carbocycles. The average Bonchev–Trinajstić information content (AvgIpc) is 3.23. The highest BCUT2D eigenvalue weighted by Crippen LogP contribution is 2.25. The van der Waals surface area contributed by atoms with Crippen molar-refractivity contribution in [3.8, 4) is 5.75 Å². The summed E-state index contributed by atoms with van der Waals surface area (Å²) in [5.74, 6) is 0.294. The van der Waals surface area contributed by atoms with Gasteiger partial charge in [0.2, 0.25) is 0 Å². The summed E-state index contributed by atoms with van der Waals surface area (Å²) >= 11 is 0. The van der Waals surface area contributed by atoms with Gasteiger partial charge in [0.25, 0.3) is 5.91 Å². The van der Waals surface area contributed by atoms with Crippen LogP contribution in [-0.4, -0.2) is 56.6 Å². The van der Waals surface area contributed by atoms with Gasteiger partial charge in [-0.3, -0.25) is 4.79 Å². The van der Waals surface area contributed by atoms with Crippen LogP contribution in [-0.2, 0) is 20.3 Å². The molecule has 0 spiro atoms. The number of sulfone groups is 1. The standard InChI is InChI=1S/C26H28N2O5S/c1-18-10-11-19(2)22(13-18)26(29)28-15-23(32-3)24(16-28)33-21-8-6-7-20(14-21)17-34(30,31)25-9-4-5-12-27-25/h4-14,23-24H,15-17H2,1-3H3. The summed E-state index contributed by atoms with van der Waals surface area (Å²) in [6, 6.07) is 17.6. The molecule has 178 valence electrons. The zero-order valence-corrected chi connectivity index (χ0v) is 20.3. The number of pyridine rings is 1. The van der Waals surface area contributed by atoms with Crippen molar-refractivity contribution < 1.29 is 22.7 Å². The van der Waals surface area contributed by atoms with Crippen LogP contribution in [0.5, 0.6) is 5.75 Å². The molecule has 1 amide bonds. The number of ether oxygens (including phenoxy) is 2. The number of aromatic nitrogens is 1. The molecule has 0 saturated carbocycles. The number of benzene rings is 2. The highest BCUT2D eigenvalue weighted by molar-refractivity contribution is 7.90. The molecule has 1 fully saturated rings. The van der Waals surface area contributed by atoms with Crippen LogP contribution in [0.2, 0.25) is 0 Å². The lowest BCUT2D eigenvalue weighted by atomic mass is 10.0. The van der Waals surface area contributed by atoms with Gasteiger partial charge in [-0.2, -0.15) is 0 Å². The van der Waals surface area contributed by atoms with E-state index in [0.717, 1.165) is 11.1 Å². The molecule has 0 radical (unpaired) electrons. The van der Waals surface area contributed by atoms with Crippen molar-refractivity contribution in [1.82, 2.24) is 9.88 Å². The fourth-order valence-electron chi connectivity index (χ4n) is 4.09. The van der Waals surface area contributed by atoms with E-state index >= 15 is 0 Å². The normalized spacial score (nSPS) is 18.1. The number of likely N-dealkylation sites (tertiary alicyclic amines) is 1. The Morgan fingerprint density at radius 1 is 1.03 bits per heavy atom. The number of aryl methyl sites for hydroxylation is 2. The monoisotopic (exact) mass is 480 g/mol. The van der Waals surface area contributed by atoms with E-state index in [4.69, 9.17) is 9.47 Å². The smallest absolute Gasteiger partial charge is 0.254 e. The van der Waals surface area contributed by atoms with Crippen LogP contribution in [0.4, 0.5) is 0 Å². The Bertz CT molecular complexity index is 1280. The minimum Gasteiger partial charge on any atom is -0.486 e. The van der Waals surface area contributed by atoms with Crippen molar-refractivity contribution in [2.75, 3.05) is 20.2 Å². The molecule has 0 N–H and O–H groups in total. The fourth-order valence-corrected chi connectivity index (χ4v) is 5.37. The maximum atomic E-state index is 13.2. The maximum absolute atomic E-state index is 13.2. The molecule has 1 saturated heterocycles. The zero-order valence-electron chi connectivity index (χ0n) is 19.5. The summed E-state index contributed by atoms with van der Waals surface area (Å²) in [5, 5.41) is 0.0390. The molecule has 3 aromatic rings. The summed E-state index contributed by atoms with van der Waals surface area (Å²) in [6.07, 6.45) is 0.791. The van der Waals surface area contributed by atoms with Gasteiger partial charge in [0.05, 0.1) is 18.8 Å². The number of nitrogens with zero attached hydrogens (tertiary/aromatic N) is 2. The molecule has 1 aromatic heterocycles. The van der Waals surface area contributed by atoms with E-state index in [1.807, 2.05) is 32.0 Å². The molecule has 7 nitrogen and oxygen atoms in total. The molecule has 1 aliphatic heterocycles. The lowest BCUT2D eigenvalue weighted by molar-refractivity contribution is 0.0339. The lowest BCUT2D eigenvalue weighted by Crippen LogP contribution is -2.32. The summed E-state index contributed by atoms with van der Waals surface area (Å²) in [5.41, 5.74) is 3.23. The Morgan fingerprint density at radius 3 is 2.56 bits per heavy atom. The van der Waals surface area contributed by atoms with E-state index in [9.17, 15) is 13.2 Å². The van der Waals surface area contributed by atoms with Gasteiger partial charge < -0.3 is 14.4 Å². The largest absolute Gasteiger partial charge is 0.486 e. The van der Waals surface area contributed by atoms with E-state index in [1.54, 1.807) is 48.4 Å². The van der Waals surface area contributed by atoms with Crippen LogP contribution in [0.1, 0.15) is 27.0 Å². The lowest BCUT2D eigenvalue weighted by Gasteiger charge is -2.19. The number of methoxy groups -OCH3 is 1. The average molecular weight is 481 g/mol. The van der Waals surface area contributed by atoms with E-state index in [2.05, 4.69) is 4.98 Å². The van der Waals surface area contributed by atoms with Crippen LogP contribution in [0.25, 0.3) is 0 Å². The van der Waals surface area contributed by atoms with E-state index < -0.39 is 9.84 Å². The molecule has 4 rings (SSSR count). The third-order valence-corrected chi connectivity index (χ3v) is 7.52. The number of hydrogen-bond acceptors (Lipinski definition) is 6. The second-order valence-electron chi connectivity index (χ2n) is 8.53. The highest BCUT2D eigenvalue weighted by Gasteiger charge is 2.37. The number of amides is 1.